The van der Waals surface area contributed by atoms with Crippen molar-refractivity contribution in [2.75, 3.05) is 11.9 Å². The lowest BCUT2D eigenvalue weighted by molar-refractivity contribution is -0.0976. The van der Waals surface area contributed by atoms with Crippen LogP contribution < -0.4 is 11.1 Å². The SMILES string of the molecule is CCOC1CC(Nc2ccc(C(N)=O)cc2C)C1(C)C. The highest BCUT2D eigenvalue weighted by molar-refractivity contribution is 5.93. The molecule has 1 amide bonds. The van der Waals surface area contributed by atoms with Gasteiger partial charge in [0.1, 0.15) is 0 Å². The average Bonchev–Trinajstić information content (AvgIpc) is 2.39. The normalized spacial score (nSPS) is 24.0. The van der Waals surface area contributed by atoms with Crippen LogP contribution in [0.4, 0.5) is 5.69 Å². The molecule has 0 spiro atoms. The third-order valence-corrected chi connectivity index (χ3v) is 4.39. The molecular formula is C16H24N2O2. The van der Waals surface area contributed by atoms with Crippen LogP contribution in [0.1, 0.15) is 43.1 Å². The van der Waals surface area contributed by atoms with Gasteiger partial charge in [0.05, 0.1) is 6.10 Å². The van der Waals surface area contributed by atoms with Gasteiger partial charge in [0.15, 0.2) is 0 Å². The van der Waals surface area contributed by atoms with Gasteiger partial charge in [-0.2, -0.15) is 0 Å². The number of amides is 1. The second-order valence-corrected chi connectivity index (χ2v) is 6.09. The Balaban J connectivity index is 2.07. The van der Waals surface area contributed by atoms with Crippen LogP contribution in [-0.2, 0) is 4.74 Å². The molecular weight excluding hydrogens is 252 g/mol. The zero-order valence-corrected chi connectivity index (χ0v) is 12.7. The van der Waals surface area contributed by atoms with Gasteiger partial charge in [0.2, 0.25) is 5.91 Å². The Kier molecular flexibility index (Phi) is 4.04. The fraction of sp³-hybridized carbons (Fsp3) is 0.562. The molecule has 4 heteroatoms. The summed E-state index contributed by atoms with van der Waals surface area (Å²) in [6.45, 7) is 9.22. The van der Waals surface area contributed by atoms with Crippen LogP contribution in [0, 0.1) is 12.3 Å². The number of anilines is 1. The van der Waals surface area contributed by atoms with Gasteiger partial charge in [-0.25, -0.2) is 0 Å². The van der Waals surface area contributed by atoms with Crippen molar-refractivity contribution in [2.24, 2.45) is 11.1 Å². The molecule has 2 atom stereocenters. The van der Waals surface area contributed by atoms with Gasteiger partial charge in [-0.3, -0.25) is 4.79 Å². The van der Waals surface area contributed by atoms with E-state index in [1.807, 2.05) is 26.0 Å². The second-order valence-electron chi connectivity index (χ2n) is 6.09. The van der Waals surface area contributed by atoms with E-state index in [1.54, 1.807) is 6.07 Å². The molecule has 3 N–H and O–H groups in total. The Labute approximate surface area is 120 Å². The van der Waals surface area contributed by atoms with Gasteiger partial charge in [0, 0.05) is 29.3 Å². The number of carbonyl (C=O) groups is 1. The number of rotatable bonds is 5. The van der Waals surface area contributed by atoms with E-state index in [-0.39, 0.29) is 11.3 Å². The van der Waals surface area contributed by atoms with Gasteiger partial charge < -0.3 is 15.8 Å². The Bertz CT molecular complexity index is 511. The first-order chi connectivity index (χ1) is 9.36. The maximum Gasteiger partial charge on any atom is 0.248 e. The minimum absolute atomic E-state index is 0.116. The van der Waals surface area contributed by atoms with E-state index in [2.05, 4.69) is 19.2 Å². The maximum atomic E-state index is 11.2. The zero-order valence-electron chi connectivity index (χ0n) is 12.7. The molecule has 1 aromatic rings. The highest BCUT2D eigenvalue weighted by atomic mass is 16.5. The fourth-order valence-electron chi connectivity index (χ4n) is 2.78. The van der Waals surface area contributed by atoms with Crippen LogP contribution in [-0.4, -0.2) is 24.7 Å². The zero-order chi connectivity index (χ0) is 14.9. The Morgan fingerprint density at radius 1 is 1.50 bits per heavy atom. The van der Waals surface area contributed by atoms with E-state index in [0.29, 0.717) is 17.7 Å². The maximum absolute atomic E-state index is 11.2. The number of hydrogen-bond donors (Lipinski definition) is 2. The quantitative estimate of drug-likeness (QED) is 0.869. The van der Waals surface area contributed by atoms with Gasteiger partial charge in [0.25, 0.3) is 0 Å². The van der Waals surface area contributed by atoms with Crippen LogP contribution in [0.3, 0.4) is 0 Å². The van der Waals surface area contributed by atoms with E-state index in [9.17, 15) is 4.79 Å². The number of primary amides is 1. The largest absolute Gasteiger partial charge is 0.381 e. The molecule has 0 radical (unpaired) electrons. The molecule has 2 rings (SSSR count). The number of nitrogens with one attached hydrogen (secondary N) is 1. The number of benzene rings is 1. The predicted octanol–water partition coefficient (Wildman–Crippen LogP) is 2.71. The average molecular weight is 276 g/mol. The monoisotopic (exact) mass is 276 g/mol. The molecule has 2 unspecified atom stereocenters. The first-order valence-electron chi connectivity index (χ1n) is 7.14. The molecule has 1 saturated carbocycles. The molecule has 1 aliphatic rings. The molecule has 1 fully saturated rings. The van der Waals surface area contributed by atoms with E-state index in [0.717, 1.165) is 24.3 Å². The minimum Gasteiger partial charge on any atom is -0.381 e. The molecule has 0 bridgehead atoms. The van der Waals surface area contributed by atoms with Gasteiger partial charge in [-0.05, 0) is 44.0 Å². The summed E-state index contributed by atoms with van der Waals surface area (Å²) in [5, 5.41) is 3.56. The summed E-state index contributed by atoms with van der Waals surface area (Å²) in [6.07, 6.45) is 1.33. The smallest absolute Gasteiger partial charge is 0.248 e. The minimum atomic E-state index is -0.389. The summed E-state index contributed by atoms with van der Waals surface area (Å²) in [5.74, 6) is -0.389. The molecule has 4 nitrogen and oxygen atoms in total. The van der Waals surface area contributed by atoms with Gasteiger partial charge in [-0.15, -0.1) is 0 Å². The number of carbonyl (C=O) groups excluding carboxylic acids is 1. The van der Waals surface area contributed by atoms with Crippen LogP contribution in [0.2, 0.25) is 0 Å². The Hall–Kier alpha value is -1.55. The van der Waals surface area contributed by atoms with Crippen molar-refractivity contribution >= 4 is 11.6 Å². The Morgan fingerprint density at radius 3 is 2.70 bits per heavy atom. The van der Waals surface area contributed by atoms with Crippen molar-refractivity contribution in [3.8, 4) is 0 Å². The highest BCUT2D eigenvalue weighted by Crippen LogP contribution is 2.44. The van der Waals surface area contributed by atoms with Crippen molar-refractivity contribution in [3.05, 3.63) is 29.3 Å². The molecule has 0 aliphatic heterocycles. The summed E-state index contributed by atoms with van der Waals surface area (Å²) in [4.78, 5) is 11.2. The van der Waals surface area contributed by atoms with E-state index < -0.39 is 0 Å². The number of aryl methyl sites for hydroxylation is 1. The molecule has 0 saturated heterocycles. The van der Waals surface area contributed by atoms with Crippen LogP contribution in [0.25, 0.3) is 0 Å². The molecule has 0 heterocycles. The van der Waals surface area contributed by atoms with Gasteiger partial charge in [-0.1, -0.05) is 13.8 Å². The fourth-order valence-corrected chi connectivity index (χ4v) is 2.78. The molecule has 0 aromatic heterocycles. The standard InChI is InChI=1S/C16H24N2O2/c1-5-20-14-9-13(16(14,3)4)18-12-7-6-11(15(17)19)8-10(12)2/h6-8,13-14,18H,5,9H2,1-4H3,(H2,17,19). The van der Waals surface area contributed by atoms with Crippen LogP contribution in [0.5, 0.6) is 0 Å². The first-order valence-corrected chi connectivity index (χ1v) is 7.14. The van der Waals surface area contributed by atoms with Crippen LogP contribution in [0.15, 0.2) is 18.2 Å². The lowest BCUT2D eigenvalue weighted by atomic mass is 9.64. The number of nitrogens with two attached hydrogens (primary N) is 1. The van der Waals surface area contributed by atoms with Crippen molar-refractivity contribution in [2.45, 2.75) is 46.3 Å². The topological polar surface area (TPSA) is 64.3 Å². The summed E-state index contributed by atoms with van der Waals surface area (Å²) < 4.78 is 5.74. The van der Waals surface area contributed by atoms with E-state index >= 15 is 0 Å². The first kappa shape index (κ1) is 14.9. The van der Waals surface area contributed by atoms with Crippen molar-refractivity contribution in [1.82, 2.24) is 0 Å². The number of hydrogen-bond acceptors (Lipinski definition) is 3. The van der Waals surface area contributed by atoms with Crippen molar-refractivity contribution in [3.63, 3.8) is 0 Å². The van der Waals surface area contributed by atoms with Crippen LogP contribution >= 0.6 is 0 Å². The molecule has 1 aromatic carbocycles. The molecule has 20 heavy (non-hydrogen) atoms. The lowest BCUT2D eigenvalue weighted by Gasteiger charge is -2.52. The summed E-state index contributed by atoms with van der Waals surface area (Å²) in [7, 11) is 0. The van der Waals surface area contributed by atoms with Crippen molar-refractivity contribution < 1.29 is 9.53 Å². The predicted molar refractivity (Wildman–Crippen MR) is 80.9 cm³/mol. The molecule has 110 valence electrons. The van der Waals surface area contributed by atoms with E-state index in [1.165, 1.54) is 0 Å². The summed E-state index contributed by atoms with van der Waals surface area (Å²) in [5.41, 5.74) is 8.05. The molecule has 1 aliphatic carbocycles. The summed E-state index contributed by atoms with van der Waals surface area (Å²) in [6, 6.07) is 5.91. The van der Waals surface area contributed by atoms with Gasteiger partial charge >= 0.3 is 0 Å². The highest BCUT2D eigenvalue weighted by Gasteiger charge is 2.48. The number of ether oxygens (including phenoxy) is 1. The Morgan fingerprint density at radius 2 is 2.20 bits per heavy atom. The third kappa shape index (κ3) is 2.66. The van der Waals surface area contributed by atoms with E-state index in [4.69, 9.17) is 10.5 Å². The third-order valence-electron chi connectivity index (χ3n) is 4.39. The van der Waals surface area contributed by atoms with Crippen molar-refractivity contribution in [1.29, 1.82) is 0 Å². The second kappa shape index (κ2) is 5.44. The summed E-state index contributed by atoms with van der Waals surface area (Å²) >= 11 is 0. The lowest BCUT2D eigenvalue weighted by Crippen LogP contribution is -2.58.